The van der Waals surface area contributed by atoms with Gasteiger partial charge in [-0.05, 0) is 44.8 Å². The van der Waals surface area contributed by atoms with Crippen molar-refractivity contribution in [2.24, 2.45) is 0 Å². The van der Waals surface area contributed by atoms with E-state index in [1.807, 2.05) is 65.2 Å². The van der Waals surface area contributed by atoms with Gasteiger partial charge in [-0.25, -0.2) is 9.37 Å². The van der Waals surface area contributed by atoms with Crippen molar-refractivity contribution in [1.82, 2.24) is 9.55 Å². The van der Waals surface area contributed by atoms with Crippen LogP contribution in [0.2, 0.25) is 0 Å². The Labute approximate surface area is 182 Å². The average Bonchev–Trinajstić information content (AvgIpc) is 3.24. The molecule has 5 rings (SSSR count). The van der Waals surface area contributed by atoms with Crippen molar-refractivity contribution in [2.45, 2.75) is 5.54 Å². The summed E-state index contributed by atoms with van der Waals surface area (Å²) in [5.74, 6) is -0.322. The summed E-state index contributed by atoms with van der Waals surface area (Å²) in [6.45, 7) is 0. The molecular formula is C26H18BrFN2. The molecule has 0 bridgehead atoms. The zero-order valence-corrected chi connectivity index (χ0v) is 17.6. The second-order valence-corrected chi connectivity index (χ2v) is 8.01. The minimum absolute atomic E-state index is 0.322. The van der Waals surface area contributed by atoms with Crippen molar-refractivity contribution in [2.75, 3.05) is 0 Å². The van der Waals surface area contributed by atoms with E-state index in [1.54, 1.807) is 12.4 Å². The summed E-state index contributed by atoms with van der Waals surface area (Å²) in [5.41, 5.74) is 3.37. The van der Waals surface area contributed by atoms with Gasteiger partial charge in [0.2, 0.25) is 0 Å². The second-order valence-electron chi connectivity index (χ2n) is 7.15. The topological polar surface area (TPSA) is 17.8 Å². The molecule has 4 heteroatoms. The van der Waals surface area contributed by atoms with Gasteiger partial charge in [0.05, 0.1) is 16.3 Å². The highest BCUT2D eigenvalue weighted by Crippen LogP contribution is 2.43. The lowest BCUT2D eigenvalue weighted by molar-refractivity contribution is 0.517. The van der Waals surface area contributed by atoms with E-state index in [1.165, 1.54) is 0 Å². The molecule has 2 nitrogen and oxygen atoms in total. The van der Waals surface area contributed by atoms with Crippen LogP contribution in [0.25, 0.3) is 11.0 Å². The summed E-state index contributed by atoms with van der Waals surface area (Å²) in [6, 6.07) is 34.1. The molecule has 0 unspecified atom stereocenters. The van der Waals surface area contributed by atoms with Crippen LogP contribution in [-0.2, 0) is 5.54 Å². The summed E-state index contributed by atoms with van der Waals surface area (Å²) < 4.78 is 17.8. The monoisotopic (exact) mass is 456 g/mol. The number of nitrogens with zero attached hydrogens (tertiary/aromatic N) is 2. The number of benzene rings is 4. The maximum Gasteiger partial charge on any atom is 0.163 e. The highest BCUT2D eigenvalue weighted by molar-refractivity contribution is 9.10. The summed E-state index contributed by atoms with van der Waals surface area (Å²) >= 11 is 3.35. The van der Waals surface area contributed by atoms with Gasteiger partial charge in [0.1, 0.15) is 11.1 Å². The summed E-state index contributed by atoms with van der Waals surface area (Å²) in [5, 5.41) is 0. The maximum atomic E-state index is 15.5. The molecule has 0 atom stereocenters. The minimum Gasteiger partial charge on any atom is -0.309 e. The van der Waals surface area contributed by atoms with Crippen LogP contribution in [0.3, 0.4) is 0 Å². The van der Waals surface area contributed by atoms with Crippen molar-refractivity contribution in [3.8, 4) is 0 Å². The van der Waals surface area contributed by atoms with Gasteiger partial charge in [0.15, 0.2) is 5.82 Å². The van der Waals surface area contributed by atoms with Crippen LogP contribution in [0.5, 0.6) is 0 Å². The predicted molar refractivity (Wildman–Crippen MR) is 122 cm³/mol. The van der Waals surface area contributed by atoms with Gasteiger partial charge in [-0.3, -0.25) is 0 Å². The van der Waals surface area contributed by atoms with Gasteiger partial charge < -0.3 is 4.57 Å². The van der Waals surface area contributed by atoms with E-state index in [2.05, 4.69) is 57.3 Å². The van der Waals surface area contributed by atoms with Crippen LogP contribution in [0.1, 0.15) is 16.7 Å². The first-order valence-corrected chi connectivity index (χ1v) is 10.5. The Morgan fingerprint density at radius 3 is 1.60 bits per heavy atom. The van der Waals surface area contributed by atoms with Gasteiger partial charge in [0.25, 0.3) is 0 Å². The smallest absolute Gasteiger partial charge is 0.163 e. The third-order valence-corrected chi connectivity index (χ3v) is 6.15. The lowest BCUT2D eigenvalue weighted by Crippen LogP contribution is -2.37. The van der Waals surface area contributed by atoms with Crippen LogP contribution in [-0.4, -0.2) is 9.55 Å². The molecule has 4 aromatic carbocycles. The largest absolute Gasteiger partial charge is 0.309 e. The van der Waals surface area contributed by atoms with Crippen LogP contribution in [0.15, 0.2) is 114 Å². The van der Waals surface area contributed by atoms with Crippen LogP contribution < -0.4 is 0 Å². The van der Waals surface area contributed by atoms with Crippen molar-refractivity contribution >= 4 is 27.0 Å². The molecule has 0 saturated carbocycles. The first kappa shape index (κ1) is 18.8. The van der Waals surface area contributed by atoms with Gasteiger partial charge in [0, 0.05) is 0 Å². The summed E-state index contributed by atoms with van der Waals surface area (Å²) in [4.78, 5) is 4.57. The highest BCUT2D eigenvalue weighted by atomic mass is 79.9. The lowest BCUT2D eigenvalue weighted by Gasteiger charge is -2.38. The second kappa shape index (κ2) is 7.54. The van der Waals surface area contributed by atoms with E-state index >= 15 is 4.39 Å². The molecular weight excluding hydrogens is 439 g/mol. The summed E-state index contributed by atoms with van der Waals surface area (Å²) in [6.07, 6.45) is 1.74. The van der Waals surface area contributed by atoms with Crippen LogP contribution in [0.4, 0.5) is 4.39 Å². The fourth-order valence-electron chi connectivity index (χ4n) is 4.25. The quantitative estimate of drug-likeness (QED) is 0.272. The van der Waals surface area contributed by atoms with Gasteiger partial charge >= 0.3 is 0 Å². The van der Waals surface area contributed by atoms with E-state index in [-0.39, 0.29) is 5.82 Å². The van der Waals surface area contributed by atoms with Crippen molar-refractivity contribution < 1.29 is 4.39 Å². The predicted octanol–water partition coefficient (Wildman–Crippen LogP) is 6.78. The zero-order chi connectivity index (χ0) is 20.6. The molecule has 0 amide bonds. The molecule has 0 aliphatic heterocycles. The molecule has 30 heavy (non-hydrogen) atoms. The Morgan fingerprint density at radius 2 is 1.13 bits per heavy atom. The van der Waals surface area contributed by atoms with Gasteiger partial charge in [-0.15, -0.1) is 0 Å². The summed E-state index contributed by atoms with van der Waals surface area (Å²) in [7, 11) is 0. The number of halogens is 2. The Balaban J connectivity index is 2.00. The molecule has 0 aliphatic rings. The van der Waals surface area contributed by atoms with Crippen molar-refractivity contribution in [3.05, 3.63) is 136 Å². The van der Waals surface area contributed by atoms with E-state index < -0.39 is 5.54 Å². The molecule has 0 radical (unpaired) electrons. The highest BCUT2D eigenvalue weighted by Gasteiger charge is 2.40. The van der Waals surface area contributed by atoms with E-state index in [9.17, 15) is 0 Å². The van der Waals surface area contributed by atoms with Gasteiger partial charge in [-0.2, -0.15) is 0 Å². The van der Waals surface area contributed by atoms with E-state index in [0.29, 0.717) is 15.5 Å². The number of rotatable bonds is 4. The number of fused-ring (bicyclic) bond motifs is 1. The molecule has 0 N–H and O–H groups in total. The normalized spacial score (nSPS) is 11.7. The molecule has 0 spiro atoms. The maximum absolute atomic E-state index is 15.5. The number of imidazole rings is 1. The third kappa shape index (κ3) is 2.79. The first-order chi connectivity index (χ1) is 14.7. The Bertz CT molecular complexity index is 1200. The average molecular weight is 457 g/mol. The standard InChI is InChI=1S/C26H18BrFN2/c27-22-16-17-23-25(24(22)28)30(18-29-23)26(19-10-4-1-5-11-19,20-12-6-2-7-13-20)21-14-8-3-9-15-21/h1-18H. The third-order valence-electron chi connectivity index (χ3n) is 5.54. The molecule has 1 aromatic heterocycles. The van der Waals surface area contributed by atoms with Crippen LogP contribution in [0, 0.1) is 5.82 Å². The number of hydrogen-bond donors (Lipinski definition) is 0. The Morgan fingerprint density at radius 1 is 0.667 bits per heavy atom. The lowest BCUT2D eigenvalue weighted by atomic mass is 9.76. The fraction of sp³-hybridized carbons (Fsp3) is 0.0385. The van der Waals surface area contributed by atoms with Gasteiger partial charge in [-0.1, -0.05) is 91.0 Å². The molecule has 0 saturated heterocycles. The number of aromatic nitrogens is 2. The SMILES string of the molecule is Fc1c(Br)ccc2ncn(C(c3ccccc3)(c3ccccc3)c3ccccc3)c12. The molecule has 1 heterocycles. The Hall–Kier alpha value is -3.24. The molecule has 0 fully saturated rings. The van der Waals surface area contributed by atoms with Crippen molar-refractivity contribution in [1.29, 1.82) is 0 Å². The van der Waals surface area contributed by atoms with E-state index in [0.717, 1.165) is 16.7 Å². The fourth-order valence-corrected chi connectivity index (χ4v) is 4.57. The van der Waals surface area contributed by atoms with Crippen LogP contribution >= 0.6 is 15.9 Å². The molecule has 5 aromatic rings. The Kier molecular flexibility index (Phi) is 4.72. The zero-order valence-electron chi connectivity index (χ0n) is 16.0. The van der Waals surface area contributed by atoms with E-state index in [4.69, 9.17) is 0 Å². The number of hydrogen-bond acceptors (Lipinski definition) is 1. The first-order valence-electron chi connectivity index (χ1n) is 9.71. The minimum atomic E-state index is -0.792. The van der Waals surface area contributed by atoms with Crippen molar-refractivity contribution in [3.63, 3.8) is 0 Å². The molecule has 146 valence electrons. The molecule has 0 aliphatic carbocycles.